The van der Waals surface area contributed by atoms with Crippen molar-refractivity contribution in [1.82, 2.24) is 10.2 Å². The van der Waals surface area contributed by atoms with Gasteiger partial charge in [0.2, 0.25) is 5.91 Å². The van der Waals surface area contributed by atoms with Gasteiger partial charge < -0.3 is 10.6 Å². The molecule has 3 fully saturated rings. The van der Waals surface area contributed by atoms with Crippen molar-refractivity contribution in [2.45, 2.75) is 75.8 Å². The summed E-state index contributed by atoms with van der Waals surface area (Å²) < 4.78 is 0. The highest BCUT2D eigenvalue weighted by molar-refractivity contribution is 6.17. The quantitative estimate of drug-likeness (QED) is 0.708. The van der Waals surface area contributed by atoms with Gasteiger partial charge in [0, 0.05) is 0 Å². The van der Waals surface area contributed by atoms with Gasteiger partial charge in [-0.25, -0.2) is 4.79 Å². The van der Waals surface area contributed by atoms with Crippen molar-refractivity contribution in [3.63, 3.8) is 0 Å². The van der Waals surface area contributed by atoms with Crippen molar-refractivity contribution in [3.05, 3.63) is 24.3 Å². The average molecular weight is 439 g/mol. The maximum Gasteiger partial charge on any atom is 0.325 e. The summed E-state index contributed by atoms with van der Waals surface area (Å²) in [6, 6.07) is 6.69. The monoisotopic (exact) mass is 438 g/mol. The molecule has 5 amide bonds. The van der Waals surface area contributed by atoms with Crippen LogP contribution in [0, 0.1) is 5.92 Å². The van der Waals surface area contributed by atoms with E-state index in [9.17, 15) is 19.2 Å². The van der Waals surface area contributed by atoms with Crippen LogP contribution in [-0.2, 0) is 14.4 Å². The number of para-hydroxylation sites is 2. The van der Waals surface area contributed by atoms with Crippen LogP contribution in [0.15, 0.2) is 24.3 Å². The summed E-state index contributed by atoms with van der Waals surface area (Å²) in [5.41, 5.74) is -0.731. The van der Waals surface area contributed by atoms with Crippen LogP contribution < -0.4 is 15.5 Å². The van der Waals surface area contributed by atoms with Gasteiger partial charge in [-0.05, 0) is 50.7 Å². The van der Waals surface area contributed by atoms with Crippen molar-refractivity contribution in [3.8, 4) is 0 Å². The van der Waals surface area contributed by atoms with Gasteiger partial charge in [0.05, 0.1) is 11.4 Å². The Kier molecular flexibility index (Phi) is 4.98. The van der Waals surface area contributed by atoms with Gasteiger partial charge in [0.25, 0.3) is 11.8 Å². The third-order valence-corrected chi connectivity index (χ3v) is 7.94. The molecule has 2 heterocycles. The lowest BCUT2D eigenvalue weighted by atomic mass is 9.75. The number of hydrogen-bond donors (Lipinski definition) is 2. The molecule has 1 saturated heterocycles. The van der Waals surface area contributed by atoms with E-state index in [-0.39, 0.29) is 24.3 Å². The molecule has 170 valence electrons. The number of benzene rings is 1. The minimum Gasteiger partial charge on any atom is -0.323 e. The first kappa shape index (κ1) is 21.0. The van der Waals surface area contributed by atoms with E-state index in [0.717, 1.165) is 49.8 Å². The molecule has 0 radical (unpaired) electrons. The third kappa shape index (κ3) is 3.03. The number of amides is 5. The maximum absolute atomic E-state index is 13.7. The van der Waals surface area contributed by atoms with E-state index in [1.807, 2.05) is 18.2 Å². The molecule has 2 N–H and O–H groups in total. The summed E-state index contributed by atoms with van der Waals surface area (Å²) in [7, 11) is 0. The molecule has 0 bridgehead atoms. The number of carbonyl (C=O) groups excluding carboxylic acids is 4. The first-order valence-electron chi connectivity index (χ1n) is 11.7. The number of urea groups is 1. The molecule has 5 rings (SSSR count). The smallest absolute Gasteiger partial charge is 0.323 e. The van der Waals surface area contributed by atoms with Crippen LogP contribution in [0.4, 0.5) is 16.2 Å². The Balaban J connectivity index is 1.44. The molecule has 1 atom stereocenters. The second-order valence-corrected chi connectivity index (χ2v) is 9.80. The second-order valence-electron chi connectivity index (χ2n) is 9.80. The topological polar surface area (TPSA) is 98.8 Å². The molecule has 4 aliphatic rings. The number of carbonyl (C=O) groups is 4. The van der Waals surface area contributed by atoms with Gasteiger partial charge in [-0.2, -0.15) is 0 Å². The zero-order valence-electron chi connectivity index (χ0n) is 18.5. The highest BCUT2D eigenvalue weighted by Crippen LogP contribution is 2.45. The van der Waals surface area contributed by atoms with E-state index in [2.05, 4.69) is 10.6 Å². The molecule has 1 unspecified atom stereocenters. The van der Waals surface area contributed by atoms with Crippen LogP contribution >= 0.6 is 0 Å². The summed E-state index contributed by atoms with van der Waals surface area (Å²) in [5, 5.41) is 5.84. The molecule has 32 heavy (non-hydrogen) atoms. The lowest BCUT2D eigenvalue weighted by Gasteiger charge is -2.44. The Morgan fingerprint density at radius 2 is 1.72 bits per heavy atom. The third-order valence-electron chi connectivity index (χ3n) is 7.94. The Morgan fingerprint density at radius 1 is 1.03 bits per heavy atom. The summed E-state index contributed by atoms with van der Waals surface area (Å²) in [6.45, 7) is 1.42. The molecule has 1 aromatic carbocycles. The summed E-state index contributed by atoms with van der Waals surface area (Å²) in [5.74, 6) is -0.842. The lowest BCUT2D eigenvalue weighted by Crippen LogP contribution is -2.62. The number of imide groups is 1. The summed E-state index contributed by atoms with van der Waals surface area (Å²) in [6.07, 6.45) is 7.87. The van der Waals surface area contributed by atoms with E-state index >= 15 is 0 Å². The lowest BCUT2D eigenvalue weighted by molar-refractivity contribution is -0.136. The molecule has 2 saturated carbocycles. The number of rotatable bonds is 3. The van der Waals surface area contributed by atoms with Crippen LogP contribution in [0.5, 0.6) is 0 Å². The van der Waals surface area contributed by atoms with Crippen LogP contribution in [-0.4, -0.2) is 46.3 Å². The standard InChI is InChI=1S/C24H30N4O4/c1-23(16-9-3-2-4-10-16)21(31)27(22(32)26-23)15-19(29)28-18-12-6-5-11-17(18)25-20(30)24(28)13-7-8-14-24/h5-6,11-12,16H,2-4,7-10,13-15H2,1H3,(H,25,30)(H,26,32). The largest absolute Gasteiger partial charge is 0.325 e. The zero-order chi connectivity index (χ0) is 22.5. The fraction of sp³-hybridized carbons (Fsp3) is 0.583. The van der Waals surface area contributed by atoms with E-state index in [1.165, 1.54) is 0 Å². The second kappa shape index (κ2) is 7.60. The number of nitrogens with one attached hydrogen (secondary N) is 2. The minimum atomic E-state index is -0.972. The predicted octanol–water partition coefficient (Wildman–Crippen LogP) is 3.18. The minimum absolute atomic E-state index is 0.0791. The Labute approximate surface area is 187 Å². The van der Waals surface area contributed by atoms with Gasteiger partial charge >= 0.3 is 6.03 Å². The fourth-order valence-electron chi connectivity index (χ4n) is 6.15. The van der Waals surface area contributed by atoms with Crippen molar-refractivity contribution in [2.24, 2.45) is 5.92 Å². The van der Waals surface area contributed by atoms with Gasteiger partial charge in [0.15, 0.2) is 0 Å². The Bertz CT molecular complexity index is 980. The zero-order valence-corrected chi connectivity index (χ0v) is 18.5. The molecule has 8 heteroatoms. The van der Waals surface area contributed by atoms with E-state index in [1.54, 1.807) is 17.9 Å². The van der Waals surface area contributed by atoms with Crippen molar-refractivity contribution < 1.29 is 19.2 Å². The van der Waals surface area contributed by atoms with Crippen LogP contribution in [0.1, 0.15) is 64.7 Å². The SMILES string of the molecule is CC1(C2CCCCC2)NC(=O)N(CC(=O)N2c3ccccc3NC(=O)C23CCCC3)C1=O. The molecule has 2 aliphatic carbocycles. The Morgan fingerprint density at radius 3 is 2.44 bits per heavy atom. The van der Waals surface area contributed by atoms with Crippen molar-refractivity contribution in [1.29, 1.82) is 0 Å². The van der Waals surface area contributed by atoms with E-state index < -0.39 is 23.0 Å². The highest BCUT2D eigenvalue weighted by Gasteiger charge is 2.55. The van der Waals surface area contributed by atoms with Gasteiger partial charge in [-0.1, -0.05) is 44.2 Å². The van der Waals surface area contributed by atoms with Crippen molar-refractivity contribution in [2.75, 3.05) is 16.8 Å². The number of fused-ring (bicyclic) bond motifs is 1. The molecule has 1 spiro atoms. The average Bonchev–Trinajstić information content (AvgIpc) is 3.36. The van der Waals surface area contributed by atoms with Crippen molar-refractivity contribution >= 4 is 35.1 Å². The molecule has 1 aromatic rings. The summed E-state index contributed by atoms with van der Waals surface area (Å²) >= 11 is 0. The molecule has 0 aromatic heterocycles. The van der Waals surface area contributed by atoms with Gasteiger partial charge in [-0.15, -0.1) is 0 Å². The predicted molar refractivity (Wildman–Crippen MR) is 119 cm³/mol. The first-order chi connectivity index (χ1) is 15.4. The van der Waals surface area contributed by atoms with Crippen LogP contribution in [0.3, 0.4) is 0 Å². The molecule has 2 aliphatic heterocycles. The fourth-order valence-corrected chi connectivity index (χ4v) is 6.15. The maximum atomic E-state index is 13.7. The normalized spacial score (nSPS) is 27.5. The van der Waals surface area contributed by atoms with Gasteiger partial charge in [-0.3, -0.25) is 24.2 Å². The number of anilines is 2. The van der Waals surface area contributed by atoms with E-state index in [0.29, 0.717) is 24.2 Å². The first-order valence-corrected chi connectivity index (χ1v) is 11.7. The number of hydrogen-bond acceptors (Lipinski definition) is 4. The molecular weight excluding hydrogens is 408 g/mol. The summed E-state index contributed by atoms with van der Waals surface area (Å²) in [4.78, 5) is 55.6. The molecule has 8 nitrogen and oxygen atoms in total. The Hall–Kier alpha value is -2.90. The van der Waals surface area contributed by atoms with Crippen LogP contribution in [0.2, 0.25) is 0 Å². The molecular formula is C24H30N4O4. The van der Waals surface area contributed by atoms with E-state index in [4.69, 9.17) is 0 Å². The van der Waals surface area contributed by atoms with Crippen LogP contribution in [0.25, 0.3) is 0 Å². The van der Waals surface area contributed by atoms with Gasteiger partial charge in [0.1, 0.15) is 17.6 Å². The number of nitrogens with zero attached hydrogens (tertiary/aromatic N) is 2. The highest BCUT2D eigenvalue weighted by atomic mass is 16.2.